The summed E-state index contributed by atoms with van der Waals surface area (Å²) in [7, 11) is 0. The van der Waals surface area contributed by atoms with Crippen molar-refractivity contribution in [2.75, 3.05) is 0 Å². The van der Waals surface area contributed by atoms with Crippen LogP contribution in [0.15, 0.2) is 29.4 Å². The van der Waals surface area contributed by atoms with Crippen LogP contribution < -0.4 is 0 Å². The first-order valence-corrected chi connectivity index (χ1v) is 6.37. The molecule has 0 unspecified atom stereocenters. The van der Waals surface area contributed by atoms with Gasteiger partial charge in [-0.15, -0.1) is 0 Å². The van der Waals surface area contributed by atoms with Crippen LogP contribution in [0, 0.1) is 0 Å². The second kappa shape index (κ2) is 4.59. The zero-order valence-electron chi connectivity index (χ0n) is 10.0. The maximum Gasteiger partial charge on any atom is 0.177 e. The molecule has 1 heterocycles. The van der Waals surface area contributed by atoms with Crippen LogP contribution in [0.25, 0.3) is 11.4 Å². The van der Waals surface area contributed by atoms with Crippen molar-refractivity contribution in [3.05, 3.63) is 40.7 Å². The van der Waals surface area contributed by atoms with Gasteiger partial charge in [0.25, 0.3) is 0 Å². The molecule has 0 aliphatic heterocycles. The van der Waals surface area contributed by atoms with Crippen LogP contribution in [-0.4, -0.2) is 25.8 Å². The second-order valence-corrected chi connectivity index (χ2v) is 4.83. The topological polar surface area (TPSA) is 70.6 Å². The van der Waals surface area contributed by atoms with Crippen molar-refractivity contribution in [3.63, 3.8) is 0 Å². The Kier molecular flexibility index (Phi) is 2.91. The van der Waals surface area contributed by atoms with E-state index in [0.717, 1.165) is 11.2 Å². The monoisotopic (exact) mass is 277 g/mol. The number of nitrogens with zero attached hydrogens (tertiary/aromatic N) is 3. The van der Waals surface area contributed by atoms with Gasteiger partial charge in [0.15, 0.2) is 5.82 Å². The first-order chi connectivity index (χ1) is 9.22. The number of rotatable bonds is 1. The Bertz CT molecular complexity index is 664. The summed E-state index contributed by atoms with van der Waals surface area (Å²) in [6.45, 7) is 0. The Labute approximate surface area is 114 Å². The lowest BCUT2D eigenvalue weighted by Crippen LogP contribution is -2.13. The van der Waals surface area contributed by atoms with Gasteiger partial charge >= 0.3 is 0 Å². The molecule has 0 amide bonds. The molecule has 3 rings (SSSR count). The molecule has 0 spiro atoms. The third kappa shape index (κ3) is 1.86. The fourth-order valence-corrected chi connectivity index (χ4v) is 2.58. The van der Waals surface area contributed by atoms with Gasteiger partial charge in [-0.2, -0.15) is 4.73 Å². The lowest BCUT2D eigenvalue weighted by atomic mass is 9.99. The molecule has 2 N–H and O–H groups in total. The molecule has 0 fully saturated rings. The highest BCUT2D eigenvalue weighted by Crippen LogP contribution is 2.30. The van der Waals surface area contributed by atoms with Gasteiger partial charge in [-0.1, -0.05) is 28.9 Å². The number of aromatic nitrogens is 2. The smallest absolute Gasteiger partial charge is 0.177 e. The molecule has 98 valence electrons. The van der Waals surface area contributed by atoms with Crippen LogP contribution in [0.1, 0.15) is 24.2 Å². The zero-order valence-corrected chi connectivity index (χ0v) is 10.8. The molecular formula is C13H12ClN3O2. The third-order valence-corrected chi connectivity index (χ3v) is 3.61. The number of halogens is 1. The van der Waals surface area contributed by atoms with Crippen molar-refractivity contribution in [3.8, 4) is 11.4 Å². The largest absolute Gasteiger partial charge is 0.427 e. The van der Waals surface area contributed by atoms with E-state index in [-0.39, 0.29) is 0 Å². The molecule has 0 saturated carbocycles. The van der Waals surface area contributed by atoms with Crippen LogP contribution in [0.3, 0.4) is 0 Å². The second-order valence-electron chi connectivity index (χ2n) is 4.42. The lowest BCUT2D eigenvalue weighted by molar-refractivity contribution is 0.181. The summed E-state index contributed by atoms with van der Waals surface area (Å²) in [6.07, 6.45) is 2.17. The summed E-state index contributed by atoms with van der Waals surface area (Å²) in [5, 5.41) is 23.0. The molecule has 0 radical (unpaired) electrons. The van der Waals surface area contributed by atoms with E-state index < -0.39 is 0 Å². The van der Waals surface area contributed by atoms with E-state index in [1.165, 1.54) is 0 Å². The number of hydrogen-bond donors (Lipinski definition) is 2. The summed E-state index contributed by atoms with van der Waals surface area (Å²) in [6, 6.07) is 7.18. The zero-order chi connectivity index (χ0) is 13.4. The lowest BCUT2D eigenvalue weighted by Gasteiger charge is -2.11. The molecule has 6 heteroatoms. The SMILES string of the molecule is O/N=C1/CCCc2c1nc(-c1ccccc1Cl)n2O. The molecule has 1 aliphatic carbocycles. The van der Waals surface area contributed by atoms with Gasteiger partial charge in [-0.3, -0.25) is 0 Å². The number of benzene rings is 1. The van der Waals surface area contributed by atoms with E-state index in [2.05, 4.69) is 10.1 Å². The van der Waals surface area contributed by atoms with Gasteiger partial charge in [0.2, 0.25) is 0 Å². The minimum Gasteiger partial charge on any atom is -0.427 e. The maximum absolute atomic E-state index is 10.2. The quantitative estimate of drug-likeness (QED) is 0.478. The minimum absolute atomic E-state index is 0.374. The molecule has 1 aromatic carbocycles. The van der Waals surface area contributed by atoms with Crippen LogP contribution >= 0.6 is 11.6 Å². The van der Waals surface area contributed by atoms with E-state index in [4.69, 9.17) is 16.8 Å². The molecule has 0 saturated heterocycles. The normalized spacial score (nSPS) is 16.6. The highest BCUT2D eigenvalue weighted by Gasteiger charge is 2.26. The molecule has 0 bridgehead atoms. The highest BCUT2D eigenvalue weighted by molar-refractivity contribution is 6.33. The fourth-order valence-electron chi connectivity index (χ4n) is 2.36. The maximum atomic E-state index is 10.2. The van der Waals surface area contributed by atoms with Crippen molar-refractivity contribution >= 4 is 17.3 Å². The predicted octanol–water partition coefficient (Wildman–Crippen LogP) is 2.96. The van der Waals surface area contributed by atoms with Crippen LogP contribution in [-0.2, 0) is 6.42 Å². The van der Waals surface area contributed by atoms with E-state index >= 15 is 0 Å². The number of oxime groups is 1. The Hall–Kier alpha value is -2.01. The van der Waals surface area contributed by atoms with Gasteiger partial charge < -0.3 is 10.4 Å². The van der Waals surface area contributed by atoms with Crippen LogP contribution in [0.2, 0.25) is 5.02 Å². The summed E-state index contributed by atoms with van der Waals surface area (Å²) >= 11 is 6.12. The van der Waals surface area contributed by atoms with E-state index in [1.807, 2.05) is 12.1 Å². The first-order valence-electron chi connectivity index (χ1n) is 5.99. The summed E-state index contributed by atoms with van der Waals surface area (Å²) in [4.78, 5) is 4.37. The number of fused-ring (bicyclic) bond motifs is 1. The number of imidazole rings is 1. The van der Waals surface area contributed by atoms with Crippen LogP contribution in [0.5, 0.6) is 0 Å². The highest BCUT2D eigenvalue weighted by atomic mass is 35.5. The van der Waals surface area contributed by atoms with Gasteiger partial charge in [0.1, 0.15) is 11.4 Å². The molecule has 1 aliphatic rings. The average Bonchev–Trinajstić information content (AvgIpc) is 2.77. The third-order valence-electron chi connectivity index (χ3n) is 3.28. The predicted molar refractivity (Wildman–Crippen MR) is 71.1 cm³/mol. The van der Waals surface area contributed by atoms with Gasteiger partial charge in [-0.05, 0) is 31.4 Å². The van der Waals surface area contributed by atoms with Crippen molar-refractivity contribution in [2.24, 2.45) is 5.16 Å². The van der Waals surface area contributed by atoms with Crippen molar-refractivity contribution < 1.29 is 10.4 Å². The Balaban J connectivity index is 2.20. The Morgan fingerprint density at radius 2 is 2.05 bits per heavy atom. The minimum atomic E-state index is 0.374. The van der Waals surface area contributed by atoms with Gasteiger partial charge in [0.05, 0.1) is 10.7 Å². The average molecular weight is 278 g/mol. The molecule has 19 heavy (non-hydrogen) atoms. The first kappa shape index (κ1) is 12.0. The summed E-state index contributed by atoms with van der Waals surface area (Å²) in [5.41, 5.74) is 2.36. The molecule has 0 atom stereocenters. The standard InChI is InChI=1S/C13H12ClN3O2/c14-9-5-2-1-4-8(9)13-15-12-10(16-18)6-3-7-11(12)17(13)19/h1-2,4-5,18-19H,3,6-7H2/b16-10-. The Morgan fingerprint density at radius 1 is 1.26 bits per heavy atom. The molecule has 5 nitrogen and oxygen atoms in total. The van der Waals surface area contributed by atoms with Gasteiger partial charge in [-0.25, -0.2) is 4.98 Å². The molecule has 2 aromatic rings. The van der Waals surface area contributed by atoms with Crippen molar-refractivity contribution in [1.82, 2.24) is 9.71 Å². The Morgan fingerprint density at radius 3 is 2.79 bits per heavy atom. The van der Waals surface area contributed by atoms with Crippen molar-refractivity contribution in [1.29, 1.82) is 0 Å². The van der Waals surface area contributed by atoms with Crippen molar-refractivity contribution in [2.45, 2.75) is 19.3 Å². The van der Waals surface area contributed by atoms with E-state index in [1.54, 1.807) is 12.1 Å². The summed E-state index contributed by atoms with van der Waals surface area (Å²) in [5.74, 6) is 0.374. The van der Waals surface area contributed by atoms with E-state index in [0.29, 0.717) is 46.4 Å². The number of hydrogen-bond acceptors (Lipinski definition) is 4. The van der Waals surface area contributed by atoms with Crippen LogP contribution in [0.4, 0.5) is 0 Å². The molecular weight excluding hydrogens is 266 g/mol. The van der Waals surface area contributed by atoms with Gasteiger partial charge in [0, 0.05) is 5.56 Å². The summed E-state index contributed by atoms with van der Waals surface area (Å²) < 4.78 is 1.04. The molecule has 1 aromatic heterocycles. The van der Waals surface area contributed by atoms with E-state index in [9.17, 15) is 5.21 Å². The fraction of sp³-hybridized carbons (Fsp3) is 0.231.